The molecule has 0 aliphatic carbocycles. The van der Waals surface area contributed by atoms with Crippen LogP contribution in [0.25, 0.3) is 11.6 Å². The molecule has 31 heavy (non-hydrogen) atoms. The topological polar surface area (TPSA) is 85.4 Å². The highest BCUT2D eigenvalue weighted by atomic mass is 16.6. The van der Waals surface area contributed by atoms with Crippen molar-refractivity contribution < 1.29 is 14.4 Å². The van der Waals surface area contributed by atoms with E-state index < -0.39 is 4.92 Å². The summed E-state index contributed by atoms with van der Waals surface area (Å²) in [6, 6.07) is 23.4. The molecular formula is C25H22N2O4. The number of nitro benzene ring substituents is 1. The van der Waals surface area contributed by atoms with Crippen LogP contribution in [0.5, 0.6) is 11.5 Å². The molecule has 0 bridgehead atoms. The van der Waals surface area contributed by atoms with Crippen molar-refractivity contribution in [2.45, 2.75) is 20.0 Å². The van der Waals surface area contributed by atoms with E-state index >= 15 is 0 Å². The van der Waals surface area contributed by atoms with E-state index in [-0.39, 0.29) is 11.8 Å². The highest BCUT2D eigenvalue weighted by molar-refractivity contribution is 5.90. The monoisotopic (exact) mass is 414 g/mol. The molecule has 0 amide bonds. The van der Waals surface area contributed by atoms with Gasteiger partial charge in [-0.3, -0.25) is 10.1 Å². The quantitative estimate of drug-likeness (QED) is 0.190. The van der Waals surface area contributed by atoms with Gasteiger partial charge in [0.05, 0.1) is 23.2 Å². The van der Waals surface area contributed by atoms with Gasteiger partial charge < -0.3 is 9.47 Å². The SMILES string of the molecule is CCOc1cc(/C=C(/C#N)c2ccc([N+](=O)[O-])cc2)ccc1O[C@H](C)c1ccccc1. The number of ether oxygens (including phenoxy) is 2. The predicted molar refractivity (Wildman–Crippen MR) is 120 cm³/mol. The Balaban J connectivity index is 1.88. The van der Waals surface area contributed by atoms with Crippen LogP contribution in [-0.2, 0) is 0 Å². The van der Waals surface area contributed by atoms with Crippen LogP contribution in [0.2, 0.25) is 0 Å². The molecule has 6 nitrogen and oxygen atoms in total. The molecule has 3 aromatic rings. The van der Waals surface area contributed by atoms with E-state index in [4.69, 9.17) is 9.47 Å². The van der Waals surface area contributed by atoms with Crippen LogP contribution >= 0.6 is 0 Å². The summed E-state index contributed by atoms with van der Waals surface area (Å²) in [5.41, 5.74) is 2.79. The largest absolute Gasteiger partial charge is 0.490 e. The van der Waals surface area contributed by atoms with E-state index in [1.165, 1.54) is 12.1 Å². The Morgan fingerprint density at radius 1 is 1.10 bits per heavy atom. The lowest BCUT2D eigenvalue weighted by molar-refractivity contribution is -0.384. The maximum Gasteiger partial charge on any atom is 0.269 e. The number of nitro groups is 1. The third kappa shape index (κ3) is 5.49. The van der Waals surface area contributed by atoms with Crippen LogP contribution in [-0.4, -0.2) is 11.5 Å². The zero-order chi connectivity index (χ0) is 22.2. The van der Waals surface area contributed by atoms with Crippen molar-refractivity contribution in [2.24, 2.45) is 0 Å². The van der Waals surface area contributed by atoms with Gasteiger partial charge in [0.1, 0.15) is 6.10 Å². The zero-order valence-electron chi connectivity index (χ0n) is 17.3. The van der Waals surface area contributed by atoms with Gasteiger partial charge in [0.2, 0.25) is 0 Å². The number of nitrogens with zero attached hydrogens (tertiary/aromatic N) is 2. The molecule has 0 aliphatic heterocycles. The molecule has 0 N–H and O–H groups in total. The molecule has 1 atom stereocenters. The van der Waals surface area contributed by atoms with E-state index in [1.807, 2.05) is 62.4 Å². The number of hydrogen-bond donors (Lipinski definition) is 0. The average molecular weight is 414 g/mol. The van der Waals surface area contributed by atoms with E-state index in [0.29, 0.717) is 29.2 Å². The van der Waals surface area contributed by atoms with Crippen LogP contribution in [0.3, 0.4) is 0 Å². The first-order valence-electron chi connectivity index (χ1n) is 9.87. The molecule has 3 rings (SSSR count). The van der Waals surface area contributed by atoms with Crippen LogP contribution in [0.1, 0.15) is 36.6 Å². The first-order valence-corrected chi connectivity index (χ1v) is 9.87. The molecule has 6 heteroatoms. The van der Waals surface area contributed by atoms with Gasteiger partial charge >= 0.3 is 0 Å². The number of nitriles is 1. The molecule has 0 spiro atoms. The van der Waals surface area contributed by atoms with Gasteiger partial charge in [-0.1, -0.05) is 36.4 Å². The van der Waals surface area contributed by atoms with Gasteiger partial charge in [0, 0.05) is 12.1 Å². The lowest BCUT2D eigenvalue weighted by Gasteiger charge is -2.18. The van der Waals surface area contributed by atoms with E-state index in [9.17, 15) is 15.4 Å². The van der Waals surface area contributed by atoms with Crippen molar-refractivity contribution in [1.82, 2.24) is 0 Å². The third-order valence-corrected chi connectivity index (χ3v) is 4.66. The summed E-state index contributed by atoms with van der Waals surface area (Å²) in [5, 5.41) is 20.4. The molecule has 0 unspecified atom stereocenters. The Bertz CT molecular complexity index is 1120. The summed E-state index contributed by atoms with van der Waals surface area (Å²) in [7, 11) is 0. The fourth-order valence-electron chi connectivity index (χ4n) is 3.07. The molecule has 3 aromatic carbocycles. The summed E-state index contributed by atoms with van der Waals surface area (Å²) in [4.78, 5) is 10.4. The first-order chi connectivity index (χ1) is 15.0. The molecule has 0 saturated heterocycles. The van der Waals surface area contributed by atoms with E-state index in [2.05, 4.69) is 6.07 Å². The van der Waals surface area contributed by atoms with Crippen LogP contribution in [0.15, 0.2) is 72.8 Å². The smallest absolute Gasteiger partial charge is 0.269 e. The number of allylic oxidation sites excluding steroid dienone is 1. The van der Waals surface area contributed by atoms with Crippen molar-refractivity contribution in [3.8, 4) is 17.6 Å². The van der Waals surface area contributed by atoms with Gasteiger partial charge in [0.15, 0.2) is 11.5 Å². The number of benzene rings is 3. The number of hydrogen-bond acceptors (Lipinski definition) is 5. The lowest BCUT2D eigenvalue weighted by Crippen LogP contribution is -2.05. The minimum Gasteiger partial charge on any atom is -0.490 e. The second-order valence-electron chi connectivity index (χ2n) is 6.78. The summed E-state index contributed by atoms with van der Waals surface area (Å²) >= 11 is 0. The predicted octanol–water partition coefficient (Wildman–Crippen LogP) is 6.20. The highest BCUT2D eigenvalue weighted by Crippen LogP contribution is 2.33. The van der Waals surface area contributed by atoms with Crippen molar-refractivity contribution in [2.75, 3.05) is 6.61 Å². The van der Waals surface area contributed by atoms with Crippen LogP contribution in [0, 0.1) is 21.4 Å². The van der Waals surface area contributed by atoms with Gasteiger partial charge in [-0.2, -0.15) is 5.26 Å². The van der Waals surface area contributed by atoms with Crippen molar-refractivity contribution >= 4 is 17.3 Å². The fraction of sp³-hybridized carbons (Fsp3) is 0.160. The van der Waals surface area contributed by atoms with Gasteiger partial charge in [-0.25, -0.2) is 0 Å². The fourth-order valence-corrected chi connectivity index (χ4v) is 3.07. The molecule has 0 aliphatic rings. The minimum atomic E-state index is -0.469. The maximum atomic E-state index is 10.8. The molecule has 0 radical (unpaired) electrons. The normalized spacial score (nSPS) is 12.0. The Hall–Kier alpha value is -4.11. The molecule has 0 fully saturated rings. The second-order valence-corrected chi connectivity index (χ2v) is 6.78. The van der Waals surface area contributed by atoms with Crippen LogP contribution < -0.4 is 9.47 Å². The second kappa shape index (κ2) is 10.1. The molecule has 156 valence electrons. The highest BCUT2D eigenvalue weighted by Gasteiger charge is 2.13. The summed E-state index contributed by atoms with van der Waals surface area (Å²) in [6.45, 7) is 4.34. The minimum absolute atomic E-state index is 0.0197. The van der Waals surface area contributed by atoms with E-state index in [0.717, 1.165) is 11.1 Å². The van der Waals surface area contributed by atoms with Crippen LogP contribution in [0.4, 0.5) is 5.69 Å². The molecular weight excluding hydrogens is 392 g/mol. The number of rotatable bonds is 8. The Labute approximate surface area is 181 Å². The lowest BCUT2D eigenvalue weighted by atomic mass is 10.0. The van der Waals surface area contributed by atoms with Gasteiger partial charge in [0.25, 0.3) is 5.69 Å². The molecule has 0 aromatic heterocycles. The van der Waals surface area contributed by atoms with Crippen molar-refractivity contribution in [1.29, 1.82) is 5.26 Å². The van der Waals surface area contributed by atoms with Gasteiger partial charge in [-0.15, -0.1) is 0 Å². The van der Waals surface area contributed by atoms with Crippen molar-refractivity contribution in [3.05, 3.63) is 99.6 Å². The van der Waals surface area contributed by atoms with E-state index in [1.54, 1.807) is 18.2 Å². The Kier molecular flexibility index (Phi) is 7.02. The Morgan fingerprint density at radius 3 is 2.42 bits per heavy atom. The zero-order valence-corrected chi connectivity index (χ0v) is 17.3. The van der Waals surface area contributed by atoms with Gasteiger partial charge in [-0.05, 0) is 60.9 Å². The van der Waals surface area contributed by atoms with Crippen molar-refractivity contribution in [3.63, 3.8) is 0 Å². The Morgan fingerprint density at radius 2 is 1.81 bits per heavy atom. The maximum absolute atomic E-state index is 10.8. The summed E-state index contributed by atoms with van der Waals surface area (Å²) in [5.74, 6) is 1.20. The molecule has 0 heterocycles. The summed E-state index contributed by atoms with van der Waals surface area (Å²) in [6.07, 6.45) is 1.56. The molecule has 0 saturated carbocycles. The standard InChI is InChI=1S/C25H22N2O4/c1-3-30-25-16-19(9-14-24(25)31-18(2)20-7-5-4-6-8-20)15-22(17-26)21-10-12-23(13-11-21)27(28)29/h4-16,18H,3H2,1-2H3/b22-15-/t18-/m1/s1. The summed E-state index contributed by atoms with van der Waals surface area (Å²) < 4.78 is 11.9. The number of non-ortho nitro benzene ring substituents is 1. The average Bonchev–Trinajstić information content (AvgIpc) is 2.79. The third-order valence-electron chi connectivity index (χ3n) is 4.66. The first kappa shape index (κ1) is 21.6.